The van der Waals surface area contributed by atoms with E-state index in [9.17, 15) is 9.59 Å². The van der Waals surface area contributed by atoms with E-state index in [4.69, 9.17) is 0 Å². The van der Waals surface area contributed by atoms with E-state index in [2.05, 4.69) is 48.5 Å². The Balaban J connectivity index is 1.67. The van der Waals surface area contributed by atoms with Crippen molar-refractivity contribution in [1.82, 2.24) is 19.9 Å². The minimum atomic E-state index is -0.0869. The summed E-state index contributed by atoms with van der Waals surface area (Å²) in [6.45, 7) is 6.70. The third-order valence-corrected chi connectivity index (χ3v) is 9.85. The summed E-state index contributed by atoms with van der Waals surface area (Å²) in [5.41, 5.74) is 2.75. The fourth-order valence-corrected chi connectivity index (χ4v) is 6.58. The first kappa shape index (κ1) is 43.4. The zero-order valence-corrected chi connectivity index (χ0v) is 32.7. The summed E-state index contributed by atoms with van der Waals surface area (Å²) in [6, 6.07) is 5.99. The molecule has 2 rings (SSSR count). The van der Waals surface area contributed by atoms with Crippen molar-refractivity contribution in [3.05, 3.63) is 48.1 Å². The molecule has 0 bridgehead atoms. The van der Waals surface area contributed by atoms with Crippen LogP contribution in [0.25, 0.3) is 11.0 Å². The zero-order valence-electron chi connectivity index (χ0n) is 32.7. The van der Waals surface area contributed by atoms with Gasteiger partial charge in [-0.25, -0.2) is 4.68 Å². The summed E-state index contributed by atoms with van der Waals surface area (Å²) in [5, 5.41) is 8.60. The van der Waals surface area contributed by atoms with Gasteiger partial charge >= 0.3 is 0 Å². The number of imide groups is 1. The van der Waals surface area contributed by atoms with E-state index in [1.54, 1.807) is 4.68 Å². The zero-order chi connectivity index (χ0) is 35.9. The number of allylic oxidation sites excluding steroid dienone is 4. The number of aryl methyl sites for hydroxylation is 1. The van der Waals surface area contributed by atoms with E-state index in [1.807, 2.05) is 25.1 Å². The highest BCUT2D eigenvalue weighted by atomic mass is 16.2. The molecular formula is C44H74N4O2. The van der Waals surface area contributed by atoms with Gasteiger partial charge in [-0.15, -0.1) is 5.10 Å². The van der Waals surface area contributed by atoms with E-state index in [0.717, 1.165) is 68.0 Å². The maximum absolute atomic E-state index is 13.4. The molecule has 0 N–H and O–H groups in total. The molecule has 0 saturated heterocycles. The van der Waals surface area contributed by atoms with Gasteiger partial charge in [0, 0.05) is 12.8 Å². The SMILES string of the molecule is CCCCCCCCC=CCCCCCCCC(=O)N(Cn1nnc2cc(C)ccc21)C(=O)CCCCCCCC=CCCCCCCCC. The van der Waals surface area contributed by atoms with E-state index < -0.39 is 0 Å². The lowest BCUT2D eigenvalue weighted by Gasteiger charge is -2.21. The lowest BCUT2D eigenvalue weighted by atomic mass is 10.1. The van der Waals surface area contributed by atoms with Crippen molar-refractivity contribution in [2.24, 2.45) is 0 Å². The minimum absolute atomic E-state index is 0.0869. The van der Waals surface area contributed by atoms with Crippen molar-refractivity contribution < 1.29 is 9.59 Å². The highest BCUT2D eigenvalue weighted by Gasteiger charge is 2.22. The molecule has 0 radical (unpaired) electrons. The molecule has 0 aliphatic carbocycles. The normalized spacial score (nSPS) is 11.8. The number of carbonyl (C=O) groups excluding carboxylic acids is 2. The van der Waals surface area contributed by atoms with E-state index >= 15 is 0 Å². The van der Waals surface area contributed by atoms with Gasteiger partial charge < -0.3 is 0 Å². The summed E-state index contributed by atoms with van der Waals surface area (Å²) in [7, 11) is 0. The van der Waals surface area contributed by atoms with Crippen molar-refractivity contribution >= 4 is 22.8 Å². The average Bonchev–Trinajstić information content (AvgIpc) is 3.51. The summed E-state index contributed by atoms with van der Waals surface area (Å²) < 4.78 is 1.70. The van der Waals surface area contributed by atoms with Crippen molar-refractivity contribution in [2.75, 3.05) is 0 Å². The smallest absolute Gasteiger partial charge is 0.230 e. The molecule has 0 aliphatic rings. The Hall–Kier alpha value is -2.76. The fraction of sp³-hybridized carbons (Fsp3) is 0.727. The number of fused-ring (bicyclic) bond motifs is 1. The first-order valence-electron chi connectivity index (χ1n) is 21.0. The second-order valence-electron chi connectivity index (χ2n) is 14.6. The number of hydrogen-bond acceptors (Lipinski definition) is 4. The average molecular weight is 691 g/mol. The van der Waals surface area contributed by atoms with Crippen LogP contribution in [0.1, 0.15) is 199 Å². The molecule has 1 heterocycles. The molecule has 1 aromatic heterocycles. The molecule has 0 unspecified atom stereocenters. The van der Waals surface area contributed by atoms with Gasteiger partial charge in [-0.3, -0.25) is 14.5 Å². The fourth-order valence-electron chi connectivity index (χ4n) is 6.58. The molecule has 0 atom stereocenters. The first-order chi connectivity index (χ1) is 24.6. The third-order valence-electron chi connectivity index (χ3n) is 9.85. The lowest BCUT2D eigenvalue weighted by molar-refractivity contribution is -0.147. The number of carbonyl (C=O) groups is 2. The summed E-state index contributed by atoms with van der Waals surface area (Å²) in [6.07, 6.45) is 42.0. The van der Waals surface area contributed by atoms with Crippen LogP contribution < -0.4 is 0 Å². The highest BCUT2D eigenvalue weighted by molar-refractivity contribution is 5.95. The Morgan fingerprint density at radius 1 is 0.580 bits per heavy atom. The van der Waals surface area contributed by atoms with Crippen molar-refractivity contribution in [1.29, 1.82) is 0 Å². The number of hydrogen-bond donors (Lipinski definition) is 0. The predicted molar refractivity (Wildman–Crippen MR) is 213 cm³/mol. The number of benzene rings is 1. The molecule has 0 saturated carbocycles. The van der Waals surface area contributed by atoms with Gasteiger partial charge in [0.25, 0.3) is 0 Å². The van der Waals surface area contributed by atoms with Gasteiger partial charge in [0.2, 0.25) is 11.8 Å². The maximum Gasteiger partial charge on any atom is 0.230 e. The van der Waals surface area contributed by atoms with Gasteiger partial charge in [0.15, 0.2) is 0 Å². The third kappa shape index (κ3) is 20.8. The molecule has 282 valence electrons. The van der Waals surface area contributed by atoms with E-state index in [0.29, 0.717) is 12.8 Å². The summed E-state index contributed by atoms with van der Waals surface area (Å²) >= 11 is 0. The predicted octanol–water partition coefficient (Wildman–Crippen LogP) is 13.1. The van der Waals surface area contributed by atoms with Gasteiger partial charge in [-0.05, 0) is 88.8 Å². The van der Waals surface area contributed by atoms with Gasteiger partial charge in [-0.1, -0.05) is 152 Å². The Labute approximate surface area is 306 Å². The minimum Gasteiger partial charge on any atom is -0.274 e. The maximum atomic E-state index is 13.4. The largest absolute Gasteiger partial charge is 0.274 e. The van der Waals surface area contributed by atoms with Crippen LogP contribution in [-0.2, 0) is 16.3 Å². The van der Waals surface area contributed by atoms with Crippen molar-refractivity contribution in [2.45, 2.75) is 207 Å². The van der Waals surface area contributed by atoms with E-state index in [-0.39, 0.29) is 18.5 Å². The Kier molecular flexibility index (Phi) is 26.0. The number of rotatable bonds is 32. The second kappa shape index (κ2) is 29.9. The Morgan fingerprint density at radius 2 is 0.980 bits per heavy atom. The number of amides is 2. The van der Waals surface area contributed by atoms with Crippen LogP contribution >= 0.6 is 0 Å². The quantitative estimate of drug-likeness (QED) is 0.0566. The lowest BCUT2D eigenvalue weighted by Crippen LogP contribution is -2.38. The molecule has 0 fully saturated rings. The van der Waals surface area contributed by atoms with Crippen molar-refractivity contribution in [3.8, 4) is 0 Å². The molecule has 50 heavy (non-hydrogen) atoms. The van der Waals surface area contributed by atoms with Gasteiger partial charge in [-0.2, -0.15) is 0 Å². The molecule has 0 aliphatic heterocycles. The number of aromatic nitrogens is 3. The molecule has 2 amide bonds. The van der Waals surface area contributed by atoms with Crippen LogP contribution in [0.2, 0.25) is 0 Å². The van der Waals surface area contributed by atoms with Crippen LogP contribution in [0, 0.1) is 6.92 Å². The van der Waals surface area contributed by atoms with Crippen LogP contribution in [0.3, 0.4) is 0 Å². The summed E-state index contributed by atoms with van der Waals surface area (Å²) in [4.78, 5) is 28.3. The molecule has 0 spiro atoms. The van der Waals surface area contributed by atoms with Crippen LogP contribution in [0.4, 0.5) is 0 Å². The Morgan fingerprint density at radius 3 is 1.42 bits per heavy atom. The molecule has 6 nitrogen and oxygen atoms in total. The second-order valence-corrected chi connectivity index (χ2v) is 14.6. The van der Waals surface area contributed by atoms with E-state index in [1.165, 1.54) is 120 Å². The monoisotopic (exact) mass is 691 g/mol. The van der Waals surface area contributed by atoms with Gasteiger partial charge in [0.05, 0.1) is 5.52 Å². The van der Waals surface area contributed by atoms with Crippen molar-refractivity contribution in [3.63, 3.8) is 0 Å². The molecule has 6 heteroatoms. The van der Waals surface area contributed by atoms with Gasteiger partial charge in [0.1, 0.15) is 12.2 Å². The van der Waals surface area contributed by atoms with Crippen LogP contribution in [0.15, 0.2) is 42.5 Å². The van der Waals surface area contributed by atoms with Crippen LogP contribution in [-0.4, -0.2) is 31.7 Å². The topological polar surface area (TPSA) is 68.1 Å². The molecule has 1 aromatic carbocycles. The highest BCUT2D eigenvalue weighted by Crippen LogP contribution is 2.17. The standard InChI is InChI=1S/C44H74N4O2/c1-4-6-8-10-12-14-16-18-20-22-24-26-28-30-32-34-43(49)47(39-48-42-37-36-40(3)38-41(42)45-46-48)44(50)35-33-31-29-27-25-23-21-19-17-15-13-11-9-7-5-2/h18-21,36-38H,4-17,22-35,39H2,1-3H3. The summed E-state index contributed by atoms with van der Waals surface area (Å²) in [5.74, 6) is -0.174. The number of nitrogens with zero attached hydrogens (tertiary/aromatic N) is 4. The first-order valence-corrected chi connectivity index (χ1v) is 21.0. The Bertz CT molecular complexity index is 1150. The molecule has 2 aromatic rings. The molecular weight excluding hydrogens is 617 g/mol. The number of unbranched alkanes of at least 4 members (excludes halogenated alkanes) is 22. The van der Waals surface area contributed by atoms with Crippen LogP contribution in [0.5, 0.6) is 0 Å².